The monoisotopic (exact) mass is 391 g/mol. The highest BCUT2D eigenvalue weighted by Gasteiger charge is 2.34. The number of benzene rings is 1. The minimum absolute atomic E-state index is 0.0272. The van der Waals surface area contributed by atoms with E-state index in [4.69, 9.17) is 0 Å². The Morgan fingerprint density at radius 2 is 1.78 bits per heavy atom. The van der Waals surface area contributed by atoms with Crippen LogP contribution in [0.15, 0.2) is 57.8 Å². The van der Waals surface area contributed by atoms with Gasteiger partial charge in [0.05, 0.1) is 5.57 Å². The summed E-state index contributed by atoms with van der Waals surface area (Å²) >= 11 is 1.35. The van der Waals surface area contributed by atoms with Crippen LogP contribution in [0.4, 0.5) is 13.2 Å². The third kappa shape index (κ3) is 4.30. The first-order valence-corrected chi connectivity index (χ1v) is 9.18. The summed E-state index contributed by atoms with van der Waals surface area (Å²) in [4.78, 5) is 30.5. The summed E-state index contributed by atoms with van der Waals surface area (Å²) < 4.78 is 38.4. The molecule has 0 unspecified atom stereocenters. The van der Waals surface area contributed by atoms with E-state index in [9.17, 15) is 22.8 Å². The van der Waals surface area contributed by atoms with Crippen molar-refractivity contribution in [1.82, 2.24) is 4.98 Å². The standard InChI is InChI=1S/C20H16F3NO2S/c1-12-14(10-11-17(24-12)20(21,22)23)19(26)18-15(25)8-5-9-16(18)27-13-6-3-2-4-7-13/h2-4,6-7,10-11H,5,8-9H2,1H3. The van der Waals surface area contributed by atoms with Crippen molar-refractivity contribution in [2.75, 3.05) is 0 Å². The number of alkyl halides is 3. The molecule has 0 spiro atoms. The number of halogens is 3. The van der Waals surface area contributed by atoms with Crippen molar-refractivity contribution in [2.45, 2.75) is 37.3 Å². The normalized spacial score (nSPS) is 15.2. The molecule has 0 atom stereocenters. The van der Waals surface area contributed by atoms with E-state index in [0.29, 0.717) is 17.7 Å². The molecule has 1 heterocycles. The maximum atomic E-state index is 13.0. The second-order valence-electron chi connectivity index (χ2n) is 6.15. The fraction of sp³-hybridized carbons (Fsp3) is 0.250. The Bertz CT molecular complexity index is 921. The number of hydrogen-bond donors (Lipinski definition) is 0. The molecule has 3 rings (SSSR count). The minimum atomic E-state index is -4.58. The number of allylic oxidation sites excluding steroid dienone is 2. The van der Waals surface area contributed by atoms with Crippen molar-refractivity contribution in [1.29, 1.82) is 0 Å². The number of rotatable bonds is 4. The SMILES string of the molecule is Cc1nc(C(F)(F)F)ccc1C(=O)C1=C(Sc2ccccc2)CCCC1=O. The van der Waals surface area contributed by atoms with Crippen molar-refractivity contribution < 1.29 is 22.8 Å². The van der Waals surface area contributed by atoms with Gasteiger partial charge in [-0.15, -0.1) is 0 Å². The van der Waals surface area contributed by atoms with Crippen LogP contribution in [0.1, 0.15) is 41.0 Å². The Balaban J connectivity index is 2.00. The number of aryl methyl sites for hydroxylation is 1. The number of carbonyl (C=O) groups is 2. The van der Waals surface area contributed by atoms with Crippen molar-refractivity contribution in [3.8, 4) is 0 Å². The van der Waals surface area contributed by atoms with E-state index in [-0.39, 0.29) is 29.0 Å². The molecule has 0 fully saturated rings. The summed E-state index contributed by atoms with van der Waals surface area (Å²) in [5, 5.41) is 0. The summed E-state index contributed by atoms with van der Waals surface area (Å²) in [5.41, 5.74) is -0.997. The maximum absolute atomic E-state index is 13.0. The second kappa shape index (κ2) is 7.68. The van der Waals surface area contributed by atoms with Gasteiger partial charge in [0.25, 0.3) is 0 Å². The summed E-state index contributed by atoms with van der Waals surface area (Å²) in [6, 6.07) is 11.2. The molecular weight excluding hydrogens is 375 g/mol. The highest BCUT2D eigenvalue weighted by Crippen LogP contribution is 2.37. The van der Waals surface area contributed by atoms with Crippen LogP contribution in [0.3, 0.4) is 0 Å². The van der Waals surface area contributed by atoms with Gasteiger partial charge in [0.1, 0.15) is 5.69 Å². The van der Waals surface area contributed by atoms with Gasteiger partial charge < -0.3 is 0 Å². The van der Waals surface area contributed by atoms with Gasteiger partial charge in [-0.1, -0.05) is 30.0 Å². The molecule has 0 saturated carbocycles. The minimum Gasteiger partial charge on any atom is -0.294 e. The third-order valence-electron chi connectivity index (χ3n) is 4.20. The molecular formula is C20H16F3NO2S. The van der Waals surface area contributed by atoms with E-state index in [1.54, 1.807) is 0 Å². The molecule has 0 saturated heterocycles. The molecule has 1 aliphatic rings. The van der Waals surface area contributed by atoms with Crippen LogP contribution in [0.25, 0.3) is 0 Å². The molecule has 2 aromatic rings. The van der Waals surface area contributed by atoms with Gasteiger partial charge in [-0.25, -0.2) is 4.98 Å². The van der Waals surface area contributed by atoms with Crippen LogP contribution in [0, 0.1) is 6.92 Å². The molecule has 27 heavy (non-hydrogen) atoms. The smallest absolute Gasteiger partial charge is 0.294 e. The number of aromatic nitrogens is 1. The summed E-state index contributed by atoms with van der Waals surface area (Å²) in [6.45, 7) is 1.35. The topological polar surface area (TPSA) is 47.0 Å². The lowest BCUT2D eigenvalue weighted by Crippen LogP contribution is -2.20. The van der Waals surface area contributed by atoms with Crippen molar-refractivity contribution in [3.63, 3.8) is 0 Å². The molecule has 0 N–H and O–H groups in total. The lowest BCUT2D eigenvalue weighted by molar-refractivity contribution is -0.141. The fourth-order valence-electron chi connectivity index (χ4n) is 2.89. The van der Waals surface area contributed by atoms with Crippen LogP contribution in [0.5, 0.6) is 0 Å². The number of Topliss-reactive ketones (excluding diaryl/α,β-unsaturated/α-hetero) is 2. The summed E-state index contributed by atoms with van der Waals surface area (Å²) in [7, 11) is 0. The zero-order valence-electron chi connectivity index (χ0n) is 14.5. The molecule has 0 radical (unpaired) electrons. The Labute approximate surface area is 158 Å². The molecule has 0 aliphatic heterocycles. The van der Waals surface area contributed by atoms with E-state index in [2.05, 4.69) is 4.98 Å². The summed E-state index contributed by atoms with van der Waals surface area (Å²) in [6.07, 6.45) is -3.10. The highest BCUT2D eigenvalue weighted by atomic mass is 32.2. The van der Waals surface area contributed by atoms with Gasteiger partial charge in [-0.3, -0.25) is 9.59 Å². The predicted molar refractivity (Wildman–Crippen MR) is 96.5 cm³/mol. The van der Waals surface area contributed by atoms with Crippen molar-refractivity contribution in [2.24, 2.45) is 0 Å². The van der Waals surface area contributed by atoms with Crippen LogP contribution in [-0.4, -0.2) is 16.6 Å². The number of ketones is 2. The first-order chi connectivity index (χ1) is 12.8. The summed E-state index contributed by atoms with van der Waals surface area (Å²) in [5.74, 6) is -0.833. The van der Waals surface area contributed by atoms with Crippen molar-refractivity contribution in [3.05, 3.63) is 69.9 Å². The van der Waals surface area contributed by atoms with Gasteiger partial charge in [0.15, 0.2) is 11.6 Å². The maximum Gasteiger partial charge on any atom is 0.433 e. The lowest BCUT2D eigenvalue weighted by atomic mass is 9.91. The zero-order valence-corrected chi connectivity index (χ0v) is 15.3. The largest absolute Gasteiger partial charge is 0.433 e. The van der Waals surface area contributed by atoms with Crippen LogP contribution >= 0.6 is 11.8 Å². The van der Waals surface area contributed by atoms with E-state index in [0.717, 1.165) is 17.0 Å². The van der Waals surface area contributed by atoms with Gasteiger partial charge >= 0.3 is 6.18 Å². The molecule has 0 bridgehead atoms. The van der Waals surface area contributed by atoms with Crippen LogP contribution in [-0.2, 0) is 11.0 Å². The first-order valence-electron chi connectivity index (χ1n) is 8.36. The molecule has 0 amide bonds. The number of hydrogen-bond acceptors (Lipinski definition) is 4. The second-order valence-corrected chi connectivity index (χ2v) is 7.31. The molecule has 1 aliphatic carbocycles. The Morgan fingerprint density at radius 1 is 1.07 bits per heavy atom. The number of nitrogens with zero attached hydrogens (tertiary/aromatic N) is 1. The number of pyridine rings is 1. The third-order valence-corrected chi connectivity index (χ3v) is 5.36. The Morgan fingerprint density at radius 3 is 2.41 bits per heavy atom. The Kier molecular flexibility index (Phi) is 5.51. The Hall–Kier alpha value is -2.41. The predicted octanol–water partition coefficient (Wildman–Crippen LogP) is 5.39. The molecule has 140 valence electrons. The van der Waals surface area contributed by atoms with E-state index >= 15 is 0 Å². The highest BCUT2D eigenvalue weighted by molar-refractivity contribution is 8.03. The van der Waals surface area contributed by atoms with E-state index in [1.165, 1.54) is 18.7 Å². The molecule has 1 aromatic heterocycles. The van der Waals surface area contributed by atoms with E-state index < -0.39 is 17.7 Å². The first kappa shape index (κ1) is 19.4. The molecule has 3 nitrogen and oxygen atoms in total. The lowest BCUT2D eigenvalue weighted by Gasteiger charge is -2.19. The van der Waals surface area contributed by atoms with Gasteiger partial charge in [-0.2, -0.15) is 13.2 Å². The van der Waals surface area contributed by atoms with Gasteiger partial charge in [0, 0.05) is 27.5 Å². The fourth-order valence-corrected chi connectivity index (χ4v) is 4.03. The number of carbonyl (C=O) groups excluding carboxylic acids is 2. The van der Waals surface area contributed by atoms with Gasteiger partial charge in [0.2, 0.25) is 0 Å². The molecule has 7 heteroatoms. The number of thioether (sulfide) groups is 1. The van der Waals surface area contributed by atoms with Crippen molar-refractivity contribution >= 4 is 23.3 Å². The average molecular weight is 391 g/mol. The van der Waals surface area contributed by atoms with Crippen LogP contribution < -0.4 is 0 Å². The van der Waals surface area contributed by atoms with Crippen LogP contribution in [0.2, 0.25) is 0 Å². The van der Waals surface area contributed by atoms with E-state index in [1.807, 2.05) is 30.3 Å². The zero-order chi connectivity index (χ0) is 19.6. The van der Waals surface area contributed by atoms with Gasteiger partial charge in [-0.05, 0) is 44.0 Å². The molecule has 1 aromatic carbocycles. The quantitative estimate of drug-likeness (QED) is 0.518. The average Bonchev–Trinajstić information content (AvgIpc) is 2.61.